The second-order valence-electron chi connectivity index (χ2n) is 5.35. The fourth-order valence-electron chi connectivity index (χ4n) is 2.41. The molecule has 3 rings (SSSR count). The van der Waals surface area contributed by atoms with Crippen molar-refractivity contribution in [2.75, 3.05) is 5.01 Å². The summed E-state index contributed by atoms with van der Waals surface area (Å²) in [7, 11) is 0. The third-order valence-corrected chi connectivity index (χ3v) is 3.86. The first-order chi connectivity index (χ1) is 11.9. The van der Waals surface area contributed by atoms with Gasteiger partial charge >= 0.3 is 5.69 Å². The number of halogens is 1. The Labute approximate surface area is 147 Å². The second kappa shape index (κ2) is 6.37. The molecule has 0 saturated heterocycles. The van der Waals surface area contributed by atoms with Crippen LogP contribution in [0.2, 0.25) is 5.02 Å². The van der Waals surface area contributed by atoms with Crippen LogP contribution in [0.15, 0.2) is 53.1 Å². The highest BCUT2D eigenvalue weighted by atomic mass is 35.5. The van der Waals surface area contributed by atoms with Gasteiger partial charge in [-0.15, -0.1) is 0 Å². The van der Waals surface area contributed by atoms with Gasteiger partial charge in [0.05, 0.1) is 21.9 Å². The van der Waals surface area contributed by atoms with Crippen LogP contribution in [0, 0.1) is 10.1 Å². The molecule has 2 aromatic carbocycles. The Kier molecular flexibility index (Phi) is 4.24. The van der Waals surface area contributed by atoms with E-state index in [9.17, 15) is 20.0 Å². The Morgan fingerprint density at radius 3 is 2.72 bits per heavy atom. The number of anilines is 1. The van der Waals surface area contributed by atoms with Gasteiger partial charge in [-0.05, 0) is 42.8 Å². The quantitative estimate of drug-likeness (QED) is 0.514. The molecule has 25 heavy (non-hydrogen) atoms. The molecule has 126 valence electrons. The molecule has 0 saturated carbocycles. The summed E-state index contributed by atoms with van der Waals surface area (Å²) in [6.07, 6.45) is 1.50. The fraction of sp³-hybridized carbons (Fsp3) is 0.0588. The summed E-state index contributed by atoms with van der Waals surface area (Å²) in [6, 6.07) is 10.6. The van der Waals surface area contributed by atoms with Crippen LogP contribution in [0.5, 0.6) is 5.75 Å². The number of nitro benzene ring substituents is 1. The molecule has 1 aliphatic rings. The highest BCUT2D eigenvalue weighted by Gasteiger charge is 2.29. The number of amides is 1. The predicted molar refractivity (Wildman–Crippen MR) is 94.8 cm³/mol. The molecule has 7 nitrogen and oxygen atoms in total. The van der Waals surface area contributed by atoms with Gasteiger partial charge in [0.25, 0.3) is 5.91 Å². The van der Waals surface area contributed by atoms with Gasteiger partial charge in [0.15, 0.2) is 5.75 Å². The average Bonchev–Trinajstić information content (AvgIpc) is 2.84. The summed E-state index contributed by atoms with van der Waals surface area (Å²) in [5.74, 6) is -0.800. The van der Waals surface area contributed by atoms with E-state index in [0.29, 0.717) is 27.6 Å². The van der Waals surface area contributed by atoms with Gasteiger partial charge in [-0.2, -0.15) is 10.1 Å². The lowest BCUT2D eigenvalue weighted by atomic mass is 10.1. The van der Waals surface area contributed by atoms with Crippen LogP contribution in [0.1, 0.15) is 12.5 Å². The van der Waals surface area contributed by atoms with Gasteiger partial charge in [-0.25, -0.2) is 0 Å². The molecule has 0 atom stereocenters. The van der Waals surface area contributed by atoms with Crippen LogP contribution in [-0.4, -0.2) is 21.6 Å². The van der Waals surface area contributed by atoms with Gasteiger partial charge in [0, 0.05) is 11.1 Å². The second-order valence-corrected chi connectivity index (χ2v) is 5.78. The Hall–Kier alpha value is -3.19. The number of benzene rings is 2. The summed E-state index contributed by atoms with van der Waals surface area (Å²) in [5, 5.41) is 26.4. The third-order valence-electron chi connectivity index (χ3n) is 3.62. The zero-order valence-corrected chi connectivity index (χ0v) is 13.8. The first-order valence-electron chi connectivity index (χ1n) is 7.21. The summed E-state index contributed by atoms with van der Waals surface area (Å²) in [4.78, 5) is 22.9. The standard InChI is InChI=1S/C17H12ClN3O4/c1-10-14(7-11-5-6-16(22)15(8-11)21(24)25)17(23)20(19-10)13-4-2-3-12(18)9-13/h2-9,22H,1H3/b14-7+. The van der Waals surface area contributed by atoms with E-state index in [1.165, 1.54) is 29.3 Å². The molecular weight excluding hydrogens is 346 g/mol. The minimum absolute atomic E-state index is 0.306. The van der Waals surface area contributed by atoms with Crippen molar-refractivity contribution in [1.82, 2.24) is 0 Å². The van der Waals surface area contributed by atoms with Gasteiger partial charge < -0.3 is 5.11 Å². The van der Waals surface area contributed by atoms with Crippen LogP contribution in [0.25, 0.3) is 6.08 Å². The van der Waals surface area contributed by atoms with E-state index >= 15 is 0 Å². The third kappa shape index (κ3) is 3.22. The monoisotopic (exact) mass is 357 g/mol. The lowest BCUT2D eigenvalue weighted by Gasteiger charge is -2.11. The van der Waals surface area contributed by atoms with E-state index in [-0.39, 0.29) is 5.91 Å². The molecule has 1 N–H and O–H groups in total. The van der Waals surface area contributed by atoms with Crippen LogP contribution in [0.4, 0.5) is 11.4 Å². The minimum atomic E-state index is -0.687. The van der Waals surface area contributed by atoms with Crippen molar-refractivity contribution in [3.05, 3.63) is 68.7 Å². The molecule has 0 spiro atoms. The molecule has 1 heterocycles. The molecule has 0 aliphatic carbocycles. The van der Waals surface area contributed by atoms with E-state index in [2.05, 4.69) is 5.10 Å². The number of carbonyl (C=O) groups is 1. The summed E-state index contributed by atoms with van der Waals surface area (Å²) in [5.41, 5.74) is 1.29. The molecule has 0 bridgehead atoms. The highest BCUT2D eigenvalue weighted by Crippen LogP contribution is 2.30. The van der Waals surface area contributed by atoms with Crippen molar-refractivity contribution < 1.29 is 14.8 Å². The predicted octanol–water partition coefficient (Wildman–Crippen LogP) is 3.76. The Morgan fingerprint density at radius 1 is 1.28 bits per heavy atom. The van der Waals surface area contributed by atoms with Crippen LogP contribution in [0.3, 0.4) is 0 Å². The lowest BCUT2D eigenvalue weighted by Crippen LogP contribution is -2.21. The number of nitrogens with zero attached hydrogens (tertiary/aromatic N) is 3. The number of hydrazone groups is 1. The van der Waals surface area contributed by atoms with Crippen molar-refractivity contribution in [3.63, 3.8) is 0 Å². The zero-order valence-electron chi connectivity index (χ0n) is 13.0. The lowest BCUT2D eigenvalue weighted by molar-refractivity contribution is -0.385. The molecule has 1 amide bonds. The number of nitro groups is 1. The molecule has 0 radical (unpaired) electrons. The average molecular weight is 358 g/mol. The van der Waals surface area contributed by atoms with Crippen molar-refractivity contribution in [1.29, 1.82) is 0 Å². The van der Waals surface area contributed by atoms with E-state index < -0.39 is 16.4 Å². The Bertz CT molecular complexity index is 953. The number of rotatable bonds is 3. The molecule has 2 aromatic rings. The van der Waals surface area contributed by atoms with Crippen LogP contribution < -0.4 is 5.01 Å². The number of hydrogen-bond acceptors (Lipinski definition) is 5. The molecule has 0 fully saturated rings. The number of phenols is 1. The van der Waals surface area contributed by atoms with Crippen molar-refractivity contribution in [2.24, 2.45) is 5.10 Å². The highest BCUT2D eigenvalue weighted by molar-refractivity contribution is 6.33. The molecule has 8 heteroatoms. The largest absolute Gasteiger partial charge is 0.502 e. The molecule has 0 unspecified atom stereocenters. The number of carbonyl (C=O) groups excluding carboxylic acids is 1. The zero-order chi connectivity index (χ0) is 18.1. The summed E-state index contributed by atoms with van der Waals surface area (Å²) < 4.78 is 0. The van der Waals surface area contributed by atoms with Crippen LogP contribution in [-0.2, 0) is 4.79 Å². The maximum Gasteiger partial charge on any atom is 0.311 e. The van der Waals surface area contributed by atoms with E-state index in [1.807, 2.05) is 0 Å². The summed E-state index contributed by atoms with van der Waals surface area (Å²) >= 11 is 5.95. The smallest absolute Gasteiger partial charge is 0.311 e. The van der Waals surface area contributed by atoms with E-state index in [1.54, 1.807) is 31.2 Å². The van der Waals surface area contributed by atoms with Crippen molar-refractivity contribution >= 4 is 40.7 Å². The summed E-state index contributed by atoms with van der Waals surface area (Å²) in [6.45, 7) is 1.67. The van der Waals surface area contributed by atoms with Gasteiger partial charge in [-0.1, -0.05) is 23.7 Å². The van der Waals surface area contributed by atoms with Crippen LogP contribution >= 0.6 is 11.6 Å². The first kappa shape index (κ1) is 16.7. The molecule has 0 aromatic heterocycles. The SMILES string of the molecule is CC1=NN(c2cccc(Cl)c2)C(=O)/C1=C/c1ccc(O)c([N+](=O)[O-])c1. The normalized spacial score (nSPS) is 15.6. The first-order valence-corrected chi connectivity index (χ1v) is 7.59. The maximum atomic E-state index is 12.6. The number of phenolic OH excluding ortho intramolecular Hbond substituents is 1. The fourth-order valence-corrected chi connectivity index (χ4v) is 2.59. The van der Waals surface area contributed by atoms with E-state index in [4.69, 9.17) is 11.6 Å². The topological polar surface area (TPSA) is 96.0 Å². The van der Waals surface area contributed by atoms with Gasteiger partial charge in [0.1, 0.15) is 0 Å². The molecular formula is C17H12ClN3O4. The number of aromatic hydroxyl groups is 1. The molecule has 1 aliphatic heterocycles. The Morgan fingerprint density at radius 2 is 2.04 bits per heavy atom. The van der Waals surface area contributed by atoms with Gasteiger partial charge in [0.2, 0.25) is 0 Å². The van der Waals surface area contributed by atoms with Crippen molar-refractivity contribution in [2.45, 2.75) is 6.92 Å². The Balaban J connectivity index is 1.98. The van der Waals surface area contributed by atoms with Crippen molar-refractivity contribution in [3.8, 4) is 5.75 Å². The van der Waals surface area contributed by atoms with Gasteiger partial charge in [-0.3, -0.25) is 14.9 Å². The number of hydrogen-bond donors (Lipinski definition) is 1. The maximum absolute atomic E-state index is 12.6. The minimum Gasteiger partial charge on any atom is -0.502 e. The van der Waals surface area contributed by atoms with E-state index in [0.717, 1.165) is 0 Å².